The number of hydrogen-bond acceptors (Lipinski definition) is 4. The summed E-state index contributed by atoms with van der Waals surface area (Å²) in [6, 6.07) is 8.24. The van der Waals surface area contributed by atoms with E-state index in [-0.39, 0.29) is 11.4 Å². The summed E-state index contributed by atoms with van der Waals surface area (Å²) in [5, 5.41) is 3.23. The zero-order chi connectivity index (χ0) is 18.2. The molecule has 0 spiro atoms. The highest BCUT2D eigenvalue weighted by atomic mass is 79.9. The lowest BCUT2D eigenvalue weighted by molar-refractivity contribution is -0.122. The maximum absolute atomic E-state index is 12.4. The third-order valence-electron chi connectivity index (χ3n) is 5.48. The van der Waals surface area contributed by atoms with E-state index in [1.807, 2.05) is 12.1 Å². The summed E-state index contributed by atoms with van der Waals surface area (Å²) in [5.74, 6) is 0.977. The monoisotopic (exact) mass is 440 g/mol. The predicted octanol–water partition coefficient (Wildman–Crippen LogP) is 4.08. The third kappa shape index (κ3) is 5.72. The van der Waals surface area contributed by atoms with Crippen molar-refractivity contribution in [1.29, 1.82) is 0 Å². The average molecular weight is 441 g/mol. The van der Waals surface area contributed by atoms with E-state index in [1.54, 1.807) is 11.8 Å². The van der Waals surface area contributed by atoms with E-state index in [0.717, 1.165) is 55.9 Å². The Morgan fingerprint density at radius 2 is 1.85 bits per heavy atom. The van der Waals surface area contributed by atoms with Crippen molar-refractivity contribution in [2.75, 3.05) is 38.6 Å². The van der Waals surface area contributed by atoms with E-state index >= 15 is 0 Å². The Bertz CT molecular complexity index is 570. The number of halogens is 1. The summed E-state index contributed by atoms with van der Waals surface area (Å²) in [5.41, 5.74) is 0.104. The molecule has 1 aromatic carbocycles. The summed E-state index contributed by atoms with van der Waals surface area (Å²) < 4.78 is 6.68. The molecule has 0 bridgehead atoms. The van der Waals surface area contributed by atoms with Crippen molar-refractivity contribution in [1.82, 2.24) is 10.2 Å². The highest BCUT2D eigenvalue weighted by molar-refractivity contribution is 9.10. The molecule has 2 fully saturated rings. The van der Waals surface area contributed by atoms with Gasteiger partial charge >= 0.3 is 0 Å². The second-order valence-corrected chi connectivity index (χ2v) is 9.30. The van der Waals surface area contributed by atoms with Crippen molar-refractivity contribution in [2.24, 2.45) is 0 Å². The number of ether oxygens (including phenoxy) is 1. The number of thioether (sulfide) groups is 1. The molecule has 3 rings (SSSR count). The summed E-state index contributed by atoms with van der Waals surface area (Å²) in [6.07, 6.45) is 6.51. The SMILES string of the molecule is O=C(CCSc1ccc(Br)cc1)NCC1(N2CCCCC2)CCOCC1. The van der Waals surface area contributed by atoms with E-state index in [9.17, 15) is 4.79 Å². The van der Waals surface area contributed by atoms with E-state index in [0.29, 0.717) is 6.42 Å². The fourth-order valence-electron chi connectivity index (χ4n) is 3.87. The summed E-state index contributed by atoms with van der Waals surface area (Å²) in [6.45, 7) is 4.71. The number of nitrogens with one attached hydrogen (secondary N) is 1. The van der Waals surface area contributed by atoms with Crippen LogP contribution in [0.4, 0.5) is 0 Å². The van der Waals surface area contributed by atoms with Gasteiger partial charge in [-0.3, -0.25) is 9.69 Å². The van der Waals surface area contributed by atoms with Crippen LogP contribution < -0.4 is 5.32 Å². The molecule has 0 aromatic heterocycles. The van der Waals surface area contributed by atoms with Gasteiger partial charge in [0, 0.05) is 46.8 Å². The Morgan fingerprint density at radius 3 is 2.54 bits per heavy atom. The van der Waals surface area contributed by atoms with Crippen LogP contribution in [-0.4, -0.2) is 54.9 Å². The molecule has 2 aliphatic rings. The first-order valence-electron chi connectivity index (χ1n) is 9.66. The van der Waals surface area contributed by atoms with Crippen molar-refractivity contribution in [3.63, 3.8) is 0 Å². The molecular weight excluding hydrogens is 412 g/mol. The maximum atomic E-state index is 12.4. The first-order chi connectivity index (χ1) is 12.7. The van der Waals surface area contributed by atoms with Gasteiger partial charge < -0.3 is 10.1 Å². The molecule has 0 unspecified atom stereocenters. The smallest absolute Gasteiger partial charge is 0.220 e. The molecule has 1 aromatic rings. The van der Waals surface area contributed by atoms with Gasteiger partial charge in [0.05, 0.1) is 0 Å². The Labute approximate surface area is 169 Å². The quantitative estimate of drug-likeness (QED) is 0.648. The van der Waals surface area contributed by atoms with Crippen LogP contribution in [0.2, 0.25) is 0 Å². The third-order valence-corrected chi connectivity index (χ3v) is 7.02. The summed E-state index contributed by atoms with van der Waals surface area (Å²) >= 11 is 5.18. The second kappa shape index (κ2) is 10.1. The number of likely N-dealkylation sites (tertiary alicyclic amines) is 1. The number of carbonyl (C=O) groups excluding carboxylic acids is 1. The van der Waals surface area contributed by atoms with Crippen LogP contribution in [0.5, 0.6) is 0 Å². The Morgan fingerprint density at radius 1 is 1.15 bits per heavy atom. The van der Waals surface area contributed by atoms with Crippen LogP contribution in [0.25, 0.3) is 0 Å². The van der Waals surface area contributed by atoms with Crippen molar-refractivity contribution in [2.45, 2.75) is 49.0 Å². The molecule has 1 amide bonds. The fourth-order valence-corrected chi connectivity index (χ4v) is 4.98. The fraction of sp³-hybridized carbons (Fsp3) is 0.650. The first-order valence-corrected chi connectivity index (χ1v) is 11.4. The molecular formula is C20H29BrN2O2S. The minimum absolute atomic E-state index is 0.104. The zero-order valence-corrected chi connectivity index (χ0v) is 17.7. The lowest BCUT2D eigenvalue weighted by Crippen LogP contribution is -2.59. The van der Waals surface area contributed by atoms with Crippen LogP contribution in [0.15, 0.2) is 33.6 Å². The Hall–Kier alpha value is -0.560. The molecule has 1 N–H and O–H groups in total. The van der Waals surface area contributed by atoms with Crippen molar-refractivity contribution in [3.8, 4) is 0 Å². The van der Waals surface area contributed by atoms with E-state index in [2.05, 4.69) is 38.3 Å². The number of nitrogens with zero attached hydrogens (tertiary/aromatic N) is 1. The maximum Gasteiger partial charge on any atom is 0.220 e. The van der Waals surface area contributed by atoms with Crippen molar-refractivity contribution in [3.05, 3.63) is 28.7 Å². The number of benzene rings is 1. The van der Waals surface area contributed by atoms with Crippen LogP contribution in [0.1, 0.15) is 38.5 Å². The average Bonchev–Trinajstić information content (AvgIpc) is 2.69. The van der Waals surface area contributed by atoms with Gasteiger partial charge in [-0.2, -0.15) is 0 Å². The molecule has 2 aliphatic heterocycles. The standard InChI is InChI=1S/C20H29BrN2O2S/c21-17-4-6-18(7-5-17)26-15-8-19(24)22-16-20(9-13-25-14-10-20)23-11-2-1-3-12-23/h4-7H,1-3,8-16H2,(H,22,24). The van der Waals surface area contributed by atoms with Gasteiger partial charge in [-0.05, 0) is 63.0 Å². The number of hydrogen-bond donors (Lipinski definition) is 1. The molecule has 0 radical (unpaired) electrons. The van der Waals surface area contributed by atoms with E-state index in [4.69, 9.17) is 4.74 Å². The van der Waals surface area contributed by atoms with Gasteiger partial charge in [0.25, 0.3) is 0 Å². The number of amides is 1. The van der Waals surface area contributed by atoms with E-state index in [1.165, 1.54) is 24.2 Å². The van der Waals surface area contributed by atoms with E-state index < -0.39 is 0 Å². The molecule has 0 saturated carbocycles. The van der Waals surface area contributed by atoms with Crippen LogP contribution in [0, 0.1) is 0 Å². The number of rotatable bonds is 7. The molecule has 26 heavy (non-hydrogen) atoms. The van der Waals surface area contributed by atoms with Crippen LogP contribution in [0.3, 0.4) is 0 Å². The first kappa shape index (κ1) is 20.2. The minimum atomic E-state index is 0.104. The van der Waals surface area contributed by atoms with Gasteiger partial charge in [-0.15, -0.1) is 11.8 Å². The lowest BCUT2D eigenvalue weighted by atomic mass is 9.86. The Kier molecular flexibility index (Phi) is 7.85. The zero-order valence-electron chi connectivity index (χ0n) is 15.3. The predicted molar refractivity (Wildman–Crippen MR) is 111 cm³/mol. The van der Waals surface area contributed by atoms with Gasteiger partial charge in [0.1, 0.15) is 0 Å². The summed E-state index contributed by atoms with van der Waals surface area (Å²) in [4.78, 5) is 16.2. The highest BCUT2D eigenvalue weighted by Crippen LogP contribution is 2.30. The van der Waals surface area contributed by atoms with Gasteiger partial charge in [-0.25, -0.2) is 0 Å². The van der Waals surface area contributed by atoms with Gasteiger partial charge in [0.15, 0.2) is 0 Å². The molecule has 144 valence electrons. The van der Waals surface area contributed by atoms with Crippen LogP contribution >= 0.6 is 27.7 Å². The molecule has 2 saturated heterocycles. The molecule has 2 heterocycles. The molecule has 0 atom stereocenters. The number of carbonyl (C=O) groups is 1. The summed E-state index contributed by atoms with van der Waals surface area (Å²) in [7, 11) is 0. The highest BCUT2D eigenvalue weighted by Gasteiger charge is 2.39. The van der Waals surface area contributed by atoms with Crippen molar-refractivity contribution < 1.29 is 9.53 Å². The minimum Gasteiger partial charge on any atom is -0.381 e. The molecule has 0 aliphatic carbocycles. The number of piperidine rings is 1. The van der Waals surface area contributed by atoms with Gasteiger partial charge in [-0.1, -0.05) is 22.4 Å². The largest absolute Gasteiger partial charge is 0.381 e. The van der Waals surface area contributed by atoms with Gasteiger partial charge in [0.2, 0.25) is 5.91 Å². The Balaban J connectivity index is 1.45. The molecule has 6 heteroatoms. The topological polar surface area (TPSA) is 41.6 Å². The normalized spacial score (nSPS) is 20.7. The molecule has 4 nitrogen and oxygen atoms in total. The second-order valence-electron chi connectivity index (χ2n) is 7.21. The van der Waals surface area contributed by atoms with Crippen LogP contribution in [-0.2, 0) is 9.53 Å². The lowest BCUT2D eigenvalue weighted by Gasteiger charge is -2.48. The van der Waals surface area contributed by atoms with Crippen molar-refractivity contribution >= 4 is 33.6 Å².